The molecule has 1 heterocycles. The summed E-state index contributed by atoms with van der Waals surface area (Å²) in [6.07, 6.45) is 0.159. The predicted octanol–water partition coefficient (Wildman–Crippen LogP) is 2.12. The maximum Gasteiger partial charge on any atom is 0.252 e. The first-order valence-electron chi connectivity index (χ1n) is 4.51. The molecule has 1 aromatic carbocycles. The number of halogens is 2. The minimum atomic E-state index is -0.224. The van der Waals surface area contributed by atoms with Crippen molar-refractivity contribution in [1.29, 1.82) is 0 Å². The molecular weight excluding hydrogens is 237 g/mol. The molecule has 1 saturated heterocycles. The van der Waals surface area contributed by atoms with Gasteiger partial charge in [-0.1, -0.05) is 23.2 Å². The Balaban J connectivity index is 2.05. The fraction of sp³-hybridized carbons (Fsp3) is 0.300. The minimum Gasteiger partial charge on any atom is -0.371 e. The van der Waals surface area contributed by atoms with Crippen molar-refractivity contribution in [3.05, 3.63) is 33.8 Å². The number of hydrogen-bond acceptors (Lipinski definition) is 2. The van der Waals surface area contributed by atoms with Crippen molar-refractivity contribution in [1.82, 2.24) is 5.32 Å². The monoisotopic (exact) mass is 245 g/mol. The van der Waals surface area contributed by atoms with Crippen LogP contribution < -0.4 is 5.32 Å². The van der Waals surface area contributed by atoms with E-state index in [0.717, 1.165) is 0 Å². The Morgan fingerprint density at radius 3 is 2.93 bits per heavy atom. The van der Waals surface area contributed by atoms with Crippen LogP contribution in [0.25, 0.3) is 0 Å². The number of epoxide rings is 1. The van der Waals surface area contributed by atoms with Gasteiger partial charge in [0.15, 0.2) is 0 Å². The van der Waals surface area contributed by atoms with Crippen LogP contribution in [0.5, 0.6) is 0 Å². The van der Waals surface area contributed by atoms with Gasteiger partial charge in [0.05, 0.1) is 23.3 Å². The highest BCUT2D eigenvalue weighted by atomic mass is 35.5. The molecule has 80 valence electrons. The first-order valence-corrected chi connectivity index (χ1v) is 5.27. The lowest BCUT2D eigenvalue weighted by Gasteiger charge is -2.05. The van der Waals surface area contributed by atoms with E-state index in [1.54, 1.807) is 18.2 Å². The summed E-state index contributed by atoms with van der Waals surface area (Å²) in [5.41, 5.74) is 0.393. The number of nitrogens with one attached hydrogen (secondary N) is 1. The SMILES string of the molecule is O=C(NCC1CO1)c1cc(Cl)ccc1Cl. The van der Waals surface area contributed by atoms with Crippen molar-refractivity contribution in [2.24, 2.45) is 0 Å². The standard InChI is InChI=1S/C10H9Cl2NO2/c11-6-1-2-9(12)8(3-6)10(14)13-4-7-5-15-7/h1-3,7H,4-5H2,(H,13,14). The van der Waals surface area contributed by atoms with E-state index in [-0.39, 0.29) is 12.0 Å². The van der Waals surface area contributed by atoms with Crippen LogP contribution in [0.4, 0.5) is 0 Å². The number of rotatable bonds is 3. The van der Waals surface area contributed by atoms with Gasteiger partial charge in [0.2, 0.25) is 0 Å². The zero-order valence-electron chi connectivity index (χ0n) is 7.80. The minimum absolute atomic E-state index is 0.159. The van der Waals surface area contributed by atoms with Crippen LogP contribution in [0, 0.1) is 0 Å². The van der Waals surface area contributed by atoms with Crippen LogP contribution in [0.15, 0.2) is 18.2 Å². The van der Waals surface area contributed by atoms with Gasteiger partial charge in [0.25, 0.3) is 5.91 Å². The first kappa shape index (κ1) is 10.7. The highest BCUT2D eigenvalue weighted by Gasteiger charge is 2.23. The topological polar surface area (TPSA) is 41.6 Å². The average molecular weight is 246 g/mol. The third-order valence-corrected chi connectivity index (χ3v) is 2.63. The van der Waals surface area contributed by atoms with Gasteiger partial charge in [-0.2, -0.15) is 0 Å². The molecule has 1 unspecified atom stereocenters. The van der Waals surface area contributed by atoms with Gasteiger partial charge < -0.3 is 10.1 Å². The second kappa shape index (κ2) is 4.39. The second-order valence-corrected chi connectivity index (χ2v) is 4.13. The molecular formula is C10H9Cl2NO2. The molecule has 1 fully saturated rings. The maximum atomic E-state index is 11.6. The molecule has 0 aliphatic carbocycles. The fourth-order valence-electron chi connectivity index (χ4n) is 1.16. The number of carbonyl (C=O) groups is 1. The first-order chi connectivity index (χ1) is 7.16. The molecule has 5 heteroatoms. The van der Waals surface area contributed by atoms with Crippen LogP contribution in [-0.2, 0) is 4.74 Å². The Labute approximate surface area is 97.3 Å². The highest BCUT2D eigenvalue weighted by molar-refractivity contribution is 6.35. The summed E-state index contributed by atoms with van der Waals surface area (Å²) in [5.74, 6) is -0.224. The van der Waals surface area contributed by atoms with E-state index < -0.39 is 0 Å². The molecule has 1 aromatic rings. The normalized spacial score (nSPS) is 18.7. The van der Waals surface area contributed by atoms with Crippen molar-refractivity contribution in [2.75, 3.05) is 13.2 Å². The predicted molar refractivity (Wildman–Crippen MR) is 58.5 cm³/mol. The lowest BCUT2D eigenvalue weighted by molar-refractivity contribution is 0.0950. The van der Waals surface area contributed by atoms with Crippen molar-refractivity contribution >= 4 is 29.1 Å². The molecule has 1 amide bonds. The molecule has 0 radical (unpaired) electrons. The van der Waals surface area contributed by atoms with Crippen LogP contribution in [-0.4, -0.2) is 25.2 Å². The van der Waals surface area contributed by atoms with E-state index in [9.17, 15) is 4.79 Å². The number of ether oxygens (including phenoxy) is 1. The molecule has 0 saturated carbocycles. The number of amides is 1. The fourth-order valence-corrected chi connectivity index (χ4v) is 1.53. The molecule has 15 heavy (non-hydrogen) atoms. The van der Waals surface area contributed by atoms with Gasteiger partial charge in [0, 0.05) is 11.6 Å². The van der Waals surface area contributed by atoms with E-state index in [1.807, 2.05) is 0 Å². The highest BCUT2D eigenvalue weighted by Crippen LogP contribution is 2.20. The van der Waals surface area contributed by atoms with E-state index in [4.69, 9.17) is 27.9 Å². The Morgan fingerprint density at radius 1 is 1.53 bits per heavy atom. The molecule has 1 N–H and O–H groups in total. The third-order valence-electron chi connectivity index (χ3n) is 2.07. The molecule has 0 bridgehead atoms. The molecule has 0 aromatic heterocycles. The Hall–Kier alpha value is -0.770. The third kappa shape index (κ3) is 2.84. The van der Waals surface area contributed by atoms with Crippen LogP contribution in [0.1, 0.15) is 10.4 Å². The molecule has 1 atom stereocenters. The van der Waals surface area contributed by atoms with Gasteiger partial charge in [-0.15, -0.1) is 0 Å². The smallest absolute Gasteiger partial charge is 0.252 e. The quantitative estimate of drug-likeness (QED) is 0.830. The Morgan fingerprint density at radius 2 is 2.27 bits per heavy atom. The number of carbonyl (C=O) groups excluding carboxylic acids is 1. The van der Waals surface area contributed by atoms with Crippen molar-refractivity contribution < 1.29 is 9.53 Å². The lowest BCUT2D eigenvalue weighted by atomic mass is 10.2. The van der Waals surface area contributed by atoms with Gasteiger partial charge in [-0.05, 0) is 18.2 Å². The zero-order chi connectivity index (χ0) is 10.8. The Kier molecular flexibility index (Phi) is 3.14. The van der Waals surface area contributed by atoms with Gasteiger partial charge >= 0.3 is 0 Å². The van der Waals surface area contributed by atoms with Crippen LogP contribution in [0.2, 0.25) is 10.0 Å². The molecule has 0 spiro atoms. The van der Waals surface area contributed by atoms with E-state index in [2.05, 4.69) is 5.32 Å². The summed E-state index contributed by atoms with van der Waals surface area (Å²) in [4.78, 5) is 11.6. The lowest BCUT2D eigenvalue weighted by Crippen LogP contribution is -2.27. The molecule has 2 rings (SSSR count). The van der Waals surface area contributed by atoms with E-state index >= 15 is 0 Å². The molecule has 1 aliphatic heterocycles. The van der Waals surface area contributed by atoms with E-state index in [1.165, 1.54) is 0 Å². The van der Waals surface area contributed by atoms with Gasteiger partial charge in [-0.25, -0.2) is 0 Å². The van der Waals surface area contributed by atoms with Crippen molar-refractivity contribution in [3.63, 3.8) is 0 Å². The van der Waals surface area contributed by atoms with Crippen LogP contribution in [0.3, 0.4) is 0 Å². The zero-order valence-corrected chi connectivity index (χ0v) is 9.31. The largest absolute Gasteiger partial charge is 0.371 e. The molecule has 3 nitrogen and oxygen atoms in total. The Bertz CT molecular complexity index is 391. The summed E-state index contributed by atoms with van der Waals surface area (Å²) >= 11 is 11.6. The summed E-state index contributed by atoms with van der Waals surface area (Å²) < 4.78 is 4.97. The molecule has 1 aliphatic rings. The summed E-state index contributed by atoms with van der Waals surface area (Å²) in [6, 6.07) is 4.80. The number of benzene rings is 1. The maximum absolute atomic E-state index is 11.6. The number of hydrogen-bond donors (Lipinski definition) is 1. The average Bonchev–Trinajstić information content (AvgIpc) is 3.02. The second-order valence-electron chi connectivity index (χ2n) is 3.29. The van der Waals surface area contributed by atoms with Crippen LogP contribution >= 0.6 is 23.2 Å². The van der Waals surface area contributed by atoms with Crippen molar-refractivity contribution in [2.45, 2.75) is 6.10 Å². The van der Waals surface area contributed by atoms with Crippen molar-refractivity contribution in [3.8, 4) is 0 Å². The summed E-state index contributed by atoms with van der Waals surface area (Å²) in [7, 11) is 0. The van der Waals surface area contributed by atoms with Gasteiger partial charge in [-0.3, -0.25) is 4.79 Å². The summed E-state index contributed by atoms with van der Waals surface area (Å²) in [6.45, 7) is 1.23. The van der Waals surface area contributed by atoms with Gasteiger partial charge in [0.1, 0.15) is 0 Å². The van der Waals surface area contributed by atoms with E-state index in [0.29, 0.717) is 28.8 Å². The summed E-state index contributed by atoms with van der Waals surface area (Å²) in [5, 5.41) is 3.61.